The Morgan fingerprint density at radius 3 is 2.71 bits per heavy atom. The number of hydrogen-bond donors (Lipinski definition) is 2. The summed E-state index contributed by atoms with van der Waals surface area (Å²) in [5.41, 5.74) is 0. The molecule has 96 valence electrons. The maximum Gasteiger partial charge on any atom is 0.220 e. The quantitative estimate of drug-likeness (QED) is 0.718. The van der Waals surface area contributed by atoms with E-state index in [1.165, 1.54) is 32.4 Å². The van der Waals surface area contributed by atoms with Gasteiger partial charge in [-0.1, -0.05) is 0 Å². The van der Waals surface area contributed by atoms with Crippen molar-refractivity contribution in [2.45, 2.75) is 31.7 Å². The molecule has 17 heavy (non-hydrogen) atoms. The summed E-state index contributed by atoms with van der Waals surface area (Å²) in [7, 11) is 0. The molecular weight excluding hydrogens is 214 g/mol. The molecule has 0 aromatic carbocycles. The summed E-state index contributed by atoms with van der Waals surface area (Å²) in [6, 6.07) is 0.886. The van der Waals surface area contributed by atoms with Gasteiger partial charge in [-0.2, -0.15) is 0 Å². The highest BCUT2D eigenvalue weighted by Crippen LogP contribution is 2.31. The first-order chi connectivity index (χ1) is 8.31. The van der Waals surface area contributed by atoms with Crippen LogP contribution in [0.2, 0.25) is 0 Å². The molecule has 3 fully saturated rings. The standard InChI is InChI=1S/C13H23N3O/c17-13(5-11-6-14-7-11)15-8-10-3-4-16(9-10)12-1-2-12/h10-12,14H,1-9H2,(H,15,17). The Bertz CT molecular complexity index is 286. The molecule has 4 nitrogen and oxygen atoms in total. The van der Waals surface area contributed by atoms with Crippen LogP contribution >= 0.6 is 0 Å². The van der Waals surface area contributed by atoms with E-state index in [9.17, 15) is 4.79 Å². The van der Waals surface area contributed by atoms with Crippen LogP contribution in [0.4, 0.5) is 0 Å². The zero-order valence-corrected chi connectivity index (χ0v) is 10.5. The first kappa shape index (κ1) is 11.5. The van der Waals surface area contributed by atoms with Gasteiger partial charge in [0.2, 0.25) is 5.91 Å². The fourth-order valence-corrected chi connectivity index (χ4v) is 2.89. The fraction of sp³-hybridized carbons (Fsp3) is 0.923. The minimum Gasteiger partial charge on any atom is -0.356 e. The van der Waals surface area contributed by atoms with Gasteiger partial charge in [0, 0.05) is 25.6 Å². The van der Waals surface area contributed by atoms with Crippen LogP contribution in [0.15, 0.2) is 0 Å². The number of nitrogens with one attached hydrogen (secondary N) is 2. The van der Waals surface area contributed by atoms with Crippen molar-refractivity contribution >= 4 is 5.91 Å². The Hall–Kier alpha value is -0.610. The van der Waals surface area contributed by atoms with Crippen LogP contribution in [0.5, 0.6) is 0 Å². The predicted octanol–water partition coefficient (Wildman–Crippen LogP) is 0.196. The van der Waals surface area contributed by atoms with Crippen molar-refractivity contribution in [3.05, 3.63) is 0 Å². The third kappa shape index (κ3) is 2.99. The van der Waals surface area contributed by atoms with E-state index in [0.717, 1.165) is 25.7 Å². The summed E-state index contributed by atoms with van der Waals surface area (Å²) in [6.45, 7) is 5.38. The number of carbonyl (C=O) groups is 1. The highest BCUT2D eigenvalue weighted by atomic mass is 16.1. The van der Waals surface area contributed by atoms with E-state index in [4.69, 9.17) is 0 Å². The van der Waals surface area contributed by atoms with E-state index >= 15 is 0 Å². The largest absolute Gasteiger partial charge is 0.356 e. The number of likely N-dealkylation sites (tertiary alicyclic amines) is 1. The van der Waals surface area contributed by atoms with E-state index in [2.05, 4.69) is 15.5 Å². The highest BCUT2D eigenvalue weighted by Gasteiger charge is 2.34. The molecule has 0 spiro atoms. The summed E-state index contributed by atoms with van der Waals surface area (Å²) in [4.78, 5) is 14.3. The lowest BCUT2D eigenvalue weighted by molar-refractivity contribution is -0.122. The monoisotopic (exact) mass is 237 g/mol. The molecule has 0 bridgehead atoms. The van der Waals surface area contributed by atoms with Gasteiger partial charge in [0.05, 0.1) is 0 Å². The Kier molecular flexibility index (Phi) is 3.34. The Balaban J connectivity index is 1.32. The van der Waals surface area contributed by atoms with Gasteiger partial charge in [-0.15, -0.1) is 0 Å². The first-order valence-electron chi connectivity index (χ1n) is 7.02. The molecule has 2 heterocycles. The SMILES string of the molecule is O=C(CC1CNC1)NCC1CCN(C2CC2)C1. The van der Waals surface area contributed by atoms with E-state index in [1.54, 1.807) is 0 Å². The maximum atomic E-state index is 11.7. The fourth-order valence-electron chi connectivity index (χ4n) is 2.89. The van der Waals surface area contributed by atoms with Gasteiger partial charge in [-0.3, -0.25) is 4.79 Å². The molecule has 1 amide bonds. The maximum absolute atomic E-state index is 11.7. The molecule has 1 aliphatic carbocycles. The van der Waals surface area contributed by atoms with E-state index in [-0.39, 0.29) is 5.91 Å². The first-order valence-corrected chi connectivity index (χ1v) is 7.02. The molecule has 0 aromatic heterocycles. The van der Waals surface area contributed by atoms with E-state index < -0.39 is 0 Å². The predicted molar refractivity (Wildman–Crippen MR) is 66.7 cm³/mol. The van der Waals surface area contributed by atoms with Crippen molar-refractivity contribution < 1.29 is 4.79 Å². The van der Waals surface area contributed by atoms with Gasteiger partial charge < -0.3 is 15.5 Å². The molecule has 3 aliphatic rings. The van der Waals surface area contributed by atoms with Gasteiger partial charge in [-0.25, -0.2) is 0 Å². The zero-order valence-electron chi connectivity index (χ0n) is 10.5. The van der Waals surface area contributed by atoms with Gasteiger partial charge in [0.15, 0.2) is 0 Å². The summed E-state index contributed by atoms with van der Waals surface area (Å²) in [5.74, 6) is 1.53. The summed E-state index contributed by atoms with van der Waals surface area (Å²) < 4.78 is 0. The van der Waals surface area contributed by atoms with E-state index in [1.807, 2.05) is 0 Å². The van der Waals surface area contributed by atoms with Gasteiger partial charge >= 0.3 is 0 Å². The Morgan fingerprint density at radius 2 is 2.06 bits per heavy atom. The molecular formula is C13H23N3O. The van der Waals surface area contributed by atoms with Gasteiger partial charge in [-0.05, 0) is 50.7 Å². The van der Waals surface area contributed by atoms with Crippen molar-refractivity contribution in [3.8, 4) is 0 Å². The Labute approximate surface area is 103 Å². The summed E-state index contributed by atoms with van der Waals surface area (Å²) in [5, 5.41) is 6.31. The number of rotatable bonds is 5. The average Bonchev–Trinajstić information content (AvgIpc) is 3.01. The topological polar surface area (TPSA) is 44.4 Å². The number of hydrogen-bond acceptors (Lipinski definition) is 3. The van der Waals surface area contributed by atoms with Gasteiger partial charge in [0.1, 0.15) is 0 Å². The molecule has 2 N–H and O–H groups in total. The summed E-state index contributed by atoms with van der Waals surface area (Å²) >= 11 is 0. The zero-order chi connectivity index (χ0) is 11.7. The number of nitrogens with zero attached hydrogens (tertiary/aromatic N) is 1. The molecule has 0 aromatic rings. The Morgan fingerprint density at radius 1 is 1.24 bits per heavy atom. The van der Waals surface area contributed by atoms with Crippen molar-refractivity contribution in [2.24, 2.45) is 11.8 Å². The molecule has 2 aliphatic heterocycles. The molecule has 2 saturated heterocycles. The molecule has 4 heteroatoms. The second kappa shape index (κ2) is 4.94. The molecule has 1 unspecified atom stereocenters. The van der Waals surface area contributed by atoms with E-state index in [0.29, 0.717) is 18.3 Å². The normalized spacial score (nSPS) is 30.2. The van der Waals surface area contributed by atoms with Crippen LogP contribution in [-0.2, 0) is 4.79 Å². The lowest BCUT2D eigenvalue weighted by atomic mass is 9.99. The van der Waals surface area contributed by atoms with Crippen LogP contribution in [0.1, 0.15) is 25.7 Å². The van der Waals surface area contributed by atoms with Crippen molar-refractivity contribution in [2.75, 3.05) is 32.7 Å². The van der Waals surface area contributed by atoms with Gasteiger partial charge in [0.25, 0.3) is 0 Å². The molecule has 0 radical (unpaired) electrons. The second-order valence-corrected chi connectivity index (χ2v) is 5.91. The summed E-state index contributed by atoms with van der Waals surface area (Å²) in [6.07, 6.45) is 4.77. The third-order valence-electron chi connectivity index (χ3n) is 4.31. The lowest BCUT2D eigenvalue weighted by Crippen LogP contribution is -2.45. The third-order valence-corrected chi connectivity index (χ3v) is 4.31. The van der Waals surface area contributed by atoms with Crippen molar-refractivity contribution in [1.82, 2.24) is 15.5 Å². The van der Waals surface area contributed by atoms with Crippen LogP contribution in [-0.4, -0.2) is 49.6 Å². The minimum absolute atomic E-state index is 0.251. The van der Waals surface area contributed by atoms with Crippen molar-refractivity contribution in [1.29, 1.82) is 0 Å². The highest BCUT2D eigenvalue weighted by molar-refractivity contribution is 5.76. The average molecular weight is 237 g/mol. The molecule has 3 rings (SSSR count). The van der Waals surface area contributed by atoms with Crippen LogP contribution in [0.3, 0.4) is 0 Å². The molecule has 1 saturated carbocycles. The van der Waals surface area contributed by atoms with Crippen LogP contribution in [0, 0.1) is 11.8 Å². The van der Waals surface area contributed by atoms with Crippen LogP contribution < -0.4 is 10.6 Å². The van der Waals surface area contributed by atoms with Crippen LogP contribution in [0.25, 0.3) is 0 Å². The number of amides is 1. The molecule has 1 atom stereocenters. The minimum atomic E-state index is 0.251. The smallest absolute Gasteiger partial charge is 0.220 e. The van der Waals surface area contributed by atoms with Crippen molar-refractivity contribution in [3.63, 3.8) is 0 Å². The number of carbonyl (C=O) groups excluding carboxylic acids is 1. The lowest BCUT2D eigenvalue weighted by Gasteiger charge is -2.26. The second-order valence-electron chi connectivity index (χ2n) is 5.91.